The Balaban J connectivity index is 1.66. The highest BCUT2D eigenvalue weighted by Crippen LogP contribution is 2.22. The van der Waals surface area contributed by atoms with Crippen molar-refractivity contribution in [2.45, 2.75) is 12.5 Å². The van der Waals surface area contributed by atoms with Gasteiger partial charge >= 0.3 is 0 Å². The van der Waals surface area contributed by atoms with Crippen molar-refractivity contribution >= 4 is 17.5 Å². The van der Waals surface area contributed by atoms with E-state index in [1.165, 1.54) is 4.90 Å². The summed E-state index contributed by atoms with van der Waals surface area (Å²) in [6.45, 7) is 0.729. The Morgan fingerprint density at radius 3 is 2.91 bits per heavy atom. The molecular formula is C16H13ClF2N2O2. The average molecular weight is 339 g/mol. The van der Waals surface area contributed by atoms with Crippen LogP contribution in [0.4, 0.5) is 8.78 Å². The van der Waals surface area contributed by atoms with Gasteiger partial charge in [-0.3, -0.25) is 4.79 Å². The zero-order valence-corrected chi connectivity index (χ0v) is 12.8. The smallest absolute Gasteiger partial charge is 0.275 e. The van der Waals surface area contributed by atoms with Crippen LogP contribution in [-0.2, 0) is 0 Å². The lowest BCUT2D eigenvalue weighted by Crippen LogP contribution is -2.32. The Bertz CT molecular complexity index is 742. The van der Waals surface area contributed by atoms with E-state index in [0.29, 0.717) is 36.3 Å². The number of aromatic nitrogens is 1. The maximum atomic E-state index is 13.6. The highest BCUT2D eigenvalue weighted by molar-refractivity contribution is 6.30. The second-order valence-electron chi connectivity index (χ2n) is 5.22. The number of halogens is 3. The molecule has 0 bridgehead atoms. The standard InChI is InChI=1S/C16H13ClF2N2O2/c17-10-2-1-3-12(6-10)23-13-4-5-21(9-13)16(22)15-14(19)7-11(18)8-20-15/h1-3,6-8,13H,4-5,9H2/t13-/m0/s1. The van der Waals surface area contributed by atoms with E-state index < -0.39 is 17.5 Å². The Kier molecular flexibility index (Phi) is 4.43. The van der Waals surface area contributed by atoms with Crippen LogP contribution in [-0.4, -0.2) is 35.0 Å². The highest BCUT2D eigenvalue weighted by atomic mass is 35.5. The topological polar surface area (TPSA) is 42.4 Å². The summed E-state index contributed by atoms with van der Waals surface area (Å²) in [6, 6.07) is 7.62. The van der Waals surface area contributed by atoms with Crippen LogP contribution in [0.3, 0.4) is 0 Å². The van der Waals surface area contributed by atoms with Gasteiger partial charge in [-0.05, 0) is 18.2 Å². The van der Waals surface area contributed by atoms with Crippen molar-refractivity contribution in [3.63, 3.8) is 0 Å². The number of hydrogen-bond donors (Lipinski definition) is 0. The third kappa shape index (κ3) is 3.59. The normalized spacial score (nSPS) is 17.3. The quantitative estimate of drug-likeness (QED) is 0.862. The molecule has 0 aliphatic carbocycles. The van der Waals surface area contributed by atoms with Crippen molar-refractivity contribution in [3.8, 4) is 5.75 Å². The van der Waals surface area contributed by atoms with Crippen molar-refractivity contribution in [1.29, 1.82) is 0 Å². The number of ether oxygens (including phenoxy) is 1. The number of likely N-dealkylation sites (tertiary alicyclic amines) is 1. The van der Waals surface area contributed by atoms with Gasteiger partial charge in [0, 0.05) is 24.1 Å². The van der Waals surface area contributed by atoms with Gasteiger partial charge < -0.3 is 9.64 Å². The number of amides is 1. The predicted octanol–water partition coefficient (Wildman–Crippen LogP) is 3.31. The van der Waals surface area contributed by atoms with E-state index >= 15 is 0 Å². The lowest BCUT2D eigenvalue weighted by molar-refractivity contribution is 0.0761. The molecule has 23 heavy (non-hydrogen) atoms. The summed E-state index contributed by atoms with van der Waals surface area (Å²) in [5, 5.41) is 0.561. The third-order valence-electron chi connectivity index (χ3n) is 3.54. The van der Waals surface area contributed by atoms with Crippen LogP contribution in [0, 0.1) is 11.6 Å². The summed E-state index contributed by atoms with van der Waals surface area (Å²) in [7, 11) is 0. The Labute approximate surface area is 136 Å². The molecule has 1 aliphatic rings. The Hall–Kier alpha value is -2.21. The average Bonchev–Trinajstić information content (AvgIpc) is 2.95. The lowest BCUT2D eigenvalue weighted by Gasteiger charge is -2.17. The van der Waals surface area contributed by atoms with Crippen molar-refractivity contribution in [2.24, 2.45) is 0 Å². The summed E-state index contributed by atoms with van der Waals surface area (Å²) in [4.78, 5) is 17.2. The molecule has 3 rings (SSSR count). The maximum absolute atomic E-state index is 13.6. The van der Waals surface area contributed by atoms with Gasteiger partial charge in [-0.2, -0.15) is 0 Å². The molecule has 1 aliphatic heterocycles. The largest absolute Gasteiger partial charge is 0.488 e. The lowest BCUT2D eigenvalue weighted by atomic mass is 10.3. The Morgan fingerprint density at radius 1 is 1.35 bits per heavy atom. The molecule has 0 unspecified atom stereocenters. The van der Waals surface area contributed by atoms with Crippen LogP contribution < -0.4 is 4.74 Å². The first-order chi connectivity index (χ1) is 11.0. The maximum Gasteiger partial charge on any atom is 0.275 e. The van der Waals surface area contributed by atoms with E-state index in [1.54, 1.807) is 24.3 Å². The first-order valence-corrected chi connectivity index (χ1v) is 7.43. The molecular weight excluding hydrogens is 326 g/mol. The molecule has 1 fully saturated rings. The van der Waals surface area contributed by atoms with Crippen LogP contribution in [0.15, 0.2) is 36.5 Å². The SMILES string of the molecule is O=C(c1ncc(F)cc1F)N1CC[C@H](Oc2cccc(Cl)c2)C1. The minimum Gasteiger partial charge on any atom is -0.488 e. The first-order valence-electron chi connectivity index (χ1n) is 7.05. The minimum atomic E-state index is -0.964. The van der Waals surface area contributed by atoms with Gasteiger partial charge in [0.15, 0.2) is 11.5 Å². The van der Waals surface area contributed by atoms with E-state index in [4.69, 9.17) is 16.3 Å². The number of hydrogen-bond acceptors (Lipinski definition) is 3. The van der Waals surface area contributed by atoms with E-state index in [0.717, 1.165) is 6.20 Å². The van der Waals surface area contributed by atoms with Crippen LogP contribution in [0.5, 0.6) is 5.75 Å². The van der Waals surface area contributed by atoms with Gasteiger partial charge in [0.25, 0.3) is 5.91 Å². The van der Waals surface area contributed by atoms with Gasteiger partial charge in [-0.1, -0.05) is 17.7 Å². The third-order valence-corrected chi connectivity index (χ3v) is 3.78. The number of nitrogens with zero attached hydrogens (tertiary/aromatic N) is 2. The van der Waals surface area contributed by atoms with E-state index in [-0.39, 0.29) is 11.8 Å². The fourth-order valence-electron chi connectivity index (χ4n) is 2.46. The molecule has 1 atom stereocenters. The zero-order chi connectivity index (χ0) is 16.4. The number of carbonyl (C=O) groups excluding carboxylic acids is 1. The summed E-state index contributed by atoms with van der Waals surface area (Å²) < 4.78 is 32.3. The van der Waals surface area contributed by atoms with Crippen molar-refractivity contribution in [3.05, 3.63) is 58.9 Å². The molecule has 2 aromatic rings. The predicted molar refractivity (Wildman–Crippen MR) is 80.5 cm³/mol. The molecule has 1 aromatic heterocycles. The van der Waals surface area contributed by atoms with E-state index in [2.05, 4.69) is 4.98 Å². The molecule has 1 aromatic carbocycles. The van der Waals surface area contributed by atoms with Crippen molar-refractivity contribution in [2.75, 3.05) is 13.1 Å². The molecule has 1 amide bonds. The van der Waals surface area contributed by atoms with Crippen molar-refractivity contribution < 1.29 is 18.3 Å². The Morgan fingerprint density at radius 2 is 2.17 bits per heavy atom. The van der Waals surface area contributed by atoms with Gasteiger partial charge in [0.2, 0.25) is 0 Å². The zero-order valence-electron chi connectivity index (χ0n) is 12.0. The number of carbonyl (C=O) groups is 1. The fraction of sp³-hybridized carbons (Fsp3) is 0.250. The first kappa shape index (κ1) is 15.7. The molecule has 0 radical (unpaired) electrons. The van der Waals surface area contributed by atoms with Crippen molar-refractivity contribution in [1.82, 2.24) is 9.88 Å². The van der Waals surface area contributed by atoms with Crippen LogP contribution in [0.25, 0.3) is 0 Å². The highest BCUT2D eigenvalue weighted by Gasteiger charge is 2.30. The summed E-state index contributed by atoms with van der Waals surface area (Å²) in [5.41, 5.74) is -0.380. The monoisotopic (exact) mass is 338 g/mol. The number of rotatable bonds is 3. The van der Waals surface area contributed by atoms with E-state index in [1.807, 2.05) is 0 Å². The van der Waals surface area contributed by atoms with Crippen LogP contribution >= 0.6 is 11.6 Å². The van der Waals surface area contributed by atoms with E-state index in [9.17, 15) is 13.6 Å². The molecule has 4 nitrogen and oxygen atoms in total. The second kappa shape index (κ2) is 6.50. The molecule has 7 heteroatoms. The summed E-state index contributed by atoms with van der Waals surface area (Å²) in [5.74, 6) is -1.74. The van der Waals surface area contributed by atoms with Gasteiger partial charge in [0.1, 0.15) is 17.7 Å². The molecule has 120 valence electrons. The molecule has 0 N–H and O–H groups in total. The molecule has 1 saturated heterocycles. The fourth-order valence-corrected chi connectivity index (χ4v) is 2.64. The minimum absolute atomic E-state index is 0.207. The van der Waals surface area contributed by atoms with Crippen LogP contribution in [0.2, 0.25) is 5.02 Å². The molecule has 2 heterocycles. The molecule has 0 spiro atoms. The number of benzene rings is 1. The summed E-state index contributed by atoms with van der Waals surface area (Å²) >= 11 is 5.89. The van der Waals surface area contributed by atoms with Gasteiger partial charge in [0.05, 0.1) is 12.7 Å². The second-order valence-corrected chi connectivity index (χ2v) is 5.66. The van der Waals surface area contributed by atoms with Gasteiger partial charge in [-0.25, -0.2) is 13.8 Å². The van der Waals surface area contributed by atoms with Gasteiger partial charge in [-0.15, -0.1) is 0 Å². The number of pyridine rings is 1. The molecule has 0 saturated carbocycles. The summed E-state index contributed by atoms with van der Waals surface area (Å²) in [6.07, 6.45) is 1.23. The van der Waals surface area contributed by atoms with Crippen LogP contribution in [0.1, 0.15) is 16.9 Å².